The number of esters is 1. The Kier molecular flexibility index (Phi) is 6.87. The van der Waals surface area contributed by atoms with Crippen molar-refractivity contribution in [2.75, 3.05) is 13.2 Å². The van der Waals surface area contributed by atoms with Crippen molar-refractivity contribution in [2.45, 2.75) is 20.3 Å². The summed E-state index contributed by atoms with van der Waals surface area (Å²) in [5.74, 6) is -4.71. The number of nitrogens with one attached hydrogen (secondary N) is 1. The van der Waals surface area contributed by atoms with Crippen LogP contribution < -0.4 is 5.06 Å². The van der Waals surface area contributed by atoms with Crippen LogP contribution in [0.15, 0.2) is 36.1 Å². The van der Waals surface area contributed by atoms with Gasteiger partial charge in [-0.3, -0.25) is 9.59 Å². The van der Waals surface area contributed by atoms with Gasteiger partial charge in [0.25, 0.3) is 0 Å². The smallest absolute Gasteiger partial charge is 0.332 e. The van der Waals surface area contributed by atoms with Crippen molar-refractivity contribution in [3.8, 4) is 0 Å². The van der Waals surface area contributed by atoms with Gasteiger partial charge in [0.15, 0.2) is 0 Å². The van der Waals surface area contributed by atoms with Crippen LogP contribution in [0, 0.1) is 16.5 Å². The molecule has 0 saturated heterocycles. The second-order valence-electron chi connectivity index (χ2n) is 5.42. The summed E-state index contributed by atoms with van der Waals surface area (Å²) in [4.78, 5) is 34.2. The minimum absolute atomic E-state index is 0.0530. The summed E-state index contributed by atoms with van der Waals surface area (Å²) in [6.07, 6.45) is 8.33. The Labute approximate surface area is 139 Å². The van der Waals surface area contributed by atoms with Crippen molar-refractivity contribution >= 4 is 17.9 Å². The van der Waals surface area contributed by atoms with Crippen LogP contribution in [0.25, 0.3) is 0 Å². The van der Waals surface area contributed by atoms with Gasteiger partial charge in [0.1, 0.15) is 5.41 Å². The van der Waals surface area contributed by atoms with Gasteiger partial charge in [-0.2, -0.15) is 0 Å². The lowest BCUT2D eigenvalue weighted by atomic mass is 9.68. The highest BCUT2D eigenvalue weighted by molar-refractivity contribution is 6.01. The first-order valence-corrected chi connectivity index (χ1v) is 7.46. The molecule has 1 aliphatic heterocycles. The molecule has 8 nitrogen and oxygen atoms in total. The average molecular weight is 339 g/mol. The van der Waals surface area contributed by atoms with Gasteiger partial charge in [0.05, 0.1) is 30.8 Å². The fourth-order valence-electron chi connectivity index (χ4n) is 2.46. The lowest BCUT2D eigenvalue weighted by molar-refractivity contribution is -0.784. The molecule has 0 saturated carbocycles. The van der Waals surface area contributed by atoms with Gasteiger partial charge in [-0.25, -0.2) is 4.79 Å². The van der Waals surface area contributed by atoms with Crippen LogP contribution in [-0.4, -0.2) is 41.3 Å². The number of rotatable bonds is 4. The molecule has 3 unspecified atom stereocenters. The summed E-state index contributed by atoms with van der Waals surface area (Å²) in [6, 6.07) is 0. The van der Waals surface area contributed by atoms with E-state index >= 15 is 0 Å². The molecule has 1 heterocycles. The molecule has 0 aromatic rings. The molecule has 132 valence electrons. The minimum Gasteiger partial charge on any atom is -0.629 e. The standard InChI is InChI=1S/C12H14O6.C4H7NO/c1-3-18-11(17)12(2)7(9(13)14)5-4-6-8(12)10(15)16;6-5-3-1-2-4-5/h4-7H,3H2,1-2H3,(H,13,14)(H,15,16);1,3,5H,2,4H2. The van der Waals surface area contributed by atoms with Crippen LogP contribution in [0.5, 0.6) is 0 Å². The molecule has 0 aromatic heterocycles. The van der Waals surface area contributed by atoms with Gasteiger partial charge in [-0.15, -0.1) is 0 Å². The molecule has 8 heteroatoms. The van der Waals surface area contributed by atoms with Crippen LogP contribution in [-0.2, 0) is 19.1 Å². The zero-order valence-corrected chi connectivity index (χ0v) is 13.5. The van der Waals surface area contributed by atoms with E-state index in [2.05, 4.69) is 0 Å². The molecule has 3 N–H and O–H groups in total. The quantitative estimate of drug-likeness (QED) is 0.490. The molecule has 0 aromatic carbocycles. The maximum absolute atomic E-state index is 11.9. The third-order valence-electron chi connectivity index (χ3n) is 3.81. The fraction of sp³-hybridized carbons (Fsp3) is 0.438. The predicted molar refractivity (Wildman–Crippen MR) is 83.7 cm³/mol. The zero-order valence-electron chi connectivity index (χ0n) is 13.5. The number of carbonyl (C=O) groups excluding carboxylic acids is 1. The highest BCUT2D eigenvalue weighted by Crippen LogP contribution is 2.40. The molecule has 0 amide bonds. The number of allylic oxidation sites excluding steroid dienone is 2. The number of hydrogen-bond acceptors (Lipinski definition) is 5. The third kappa shape index (κ3) is 4.30. The largest absolute Gasteiger partial charge is 0.629 e. The Balaban J connectivity index is 0.000000400. The van der Waals surface area contributed by atoms with E-state index in [0.29, 0.717) is 0 Å². The van der Waals surface area contributed by atoms with E-state index in [1.165, 1.54) is 25.2 Å². The summed E-state index contributed by atoms with van der Waals surface area (Å²) < 4.78 is 4.80. The molecule has 1 aliphatic carbocycles. The van der Waals surface area contributed by atoms with Crippen molar-refractivity contribution in [1.29, 1.82) is 0 Å². The summed E-state index contributed by atoms with van der Waals surface area (Å²) in [6.45, 7) is 3.63. The fourth-order valence-corrected chi connectivity index (χ4v) is 2.46. The zero-order chi connectivity index (χ0) is 18.3. The van der Waals surface area contributed by atoms with Gasteiger partial charge in [-0.1, -0.05) is 18.2 Å². The molecule has 2 aliphatic rings. The van der Waals surface area contributed by atoms with E-state index in [1.807, 2.05) is 6.08 Å². The van der Waals surface area contributed by atoms with Crippen molar-refractivity contribution in [3.63, 3.8) is 0 Å². The Morgan fingerprint density at radius 1 is 1.42 bits per heavy atom. The first-order chi connectivity index (χ1) is 11.2. The number of hydroxylamine groups is 2. The maximum atomic E-state index is 11.9. The molecule has 3 atom stereocenters. The molecule has 2 rings (SSSR count). The van der Waals surface area contributed by atoms with Gasteiger partial charge in [-0.05, 0) is 19.9 Å². The molecule has 0 fully saturated rings. The van der Waals surface area contributed by atoms with Crippen LogP contribution in [0.3, 0.4) is 0 Å². The summed E-state index contributed by atoms with van der Waals surface area (Å²) in [5, 5.41) is 28.6. The minimum atomic E-state index is -1.72. The van der Waals surface area contributed by atoms with Crippen LogP contribution >= 0.6 is 0 Å². The van der Waals surface area contributed by atoms with E-state index in [9.17, 15) is 19.6 Å². The maximum Gasteiger partial charge on any atom is 0.332 e. The molecular formula is C16H21NO7. The van der Waals surface area contributed by atoms with E-state index in [1.54, 1.807) is 13.1 Å². The van der Waals surface area contributed by atoms with E-state index in [-0.39, 0.29) is 17.2 Å². The summed E-state index contributed by atoms with van der Waals surface area (Å²) >= 11 is 0. The molecular weight excluding hydrogens is 318 g/mol. The molecule has 0 radical (unpaired) electrons. The lowest BCUT2D eigenvalue weighted by Gasteiger charge is -2.33. The highest BCUT2D eigenvalue weighted by atomic mass is 16.5. The molecule has 0 spiro atoms. The van der Waals surface area contributed by atoms with Crippen molar-refractivity contribution in [1.82, 2.24) is 0 Å². The van der Waals surface area contributed by atoms with E-state index < -0.39 is 29.2 Å². The predicted octanol–water partition coefficient (Wildman–Crippen LogP) is 0.124. The second-order valence-corrected chi connectivity index (χ2v) is 5.42. The first-order valence-electron chi connectivity index (χ1n) is 7.46. The second kappa shape index (κ2) is 8.42. The first kappa shape index (κ1) is 19.6. The SMILES string of the molecule is CCOC(=O)C1(C)C(C(=O)O)=CC=CC1C(=O)O.[O-][NH+]1C=CCC1. The molecule has 0 bridgehead atoms. The summed E-state index contributed by atoms with van der Waals surface area (Å²) in [5.41, 5.74) is -2.00. The van der Waals surface area contributed by atoms with Crippen molar-refractivity contribution < 1.29 is 34.4 Å². The van der Waals surface area contributed by atoms with Gasteiger partial charge < -0.3 is 25.2 Å². The van der Waals surface area contributed by atoms with Gasteiger partial charge >= 0.3 is 17.9 Å². The number of quaternary nitrogens is 1. The average Bonchev–Trinajstić information content (AvgIpc) is 2.98. The normalized spacial score (nSPS) is 27.7. The lowest BCUT2D eigenvalue weighted by Crippen LogP contribution is -3.00. The van der Waals surface area contributed by atoms with Crippen LogP contribution in [0.1, 0.15) is 20.3 Å². The Morgan fingerprint density at radius 2 is 2.08 bits per heavy atom. The Morgan fingerprint density at radius 3 is 2.46 bits per heavy atom. The van der Waals surface area contributed by atoms with Crippen LogP contribution in [0.4, 0.5) is 0 Å². The van der Waals surface area contributed by atoms with E-state index in [4.69, 9.17) is 14.9 Å². The topological polar surface area (TPSA) is 128 Å². The number of carbonyl (C=O) groups is 3. The number of aliphatic carboxylic acids is 2. The molecule has 24 heavy (non-hydrogen) atoms. The Hall–Kier alpha value is -2.45. The van der Waals surface area contributed by atoms with Crippen molar-refractivity contribution in [2.24, 2.45) is 11.3 Å². The van der Waals surface area contributed by atoms with Gasteiger partial charge in [0, 0.05) is 6.42 Å². The monoisotopic (exact) mass is 339 g/mol. The van der Waals surface area contributed by atoms with Crippen LogP contribution in [0.2, 0.25) is 0 Å². The van der Waals surface area contributed by atoms with Crippen molar-refractivity contribution in [3.05, 3.63) is 41.3 Å². The number of carboxylic acids is 2. The Bertz CT molecular complexity index is 593. The third-order valence-corrected chi connectivity index (χ3v) is 3.81. The number of ether oxygens (including phenoxy) is 1. The van der Waals surface area contributed by atoms with E-state index in [0.717, 1.165) is 13.0 Å². The number of carboxylic acid groups (broad SMARTS) is 2. The van der Waals surface area contributed by atoms with Gasteiger partial charge in [0.2, 0.25) is 0 Å². The number of hydrogen-bond donors (Lipinski definition) is 3. The summed E-state index contributed by atoms with van der Waals surface area (Å²) in [7, 11) is 0. The highest BCUT2D eigenvalue weighted by Gasteiger charge is 2.51.